The molecule has 0 bridgehead atoms. The van der Waals surface area contributed by atoms with E-state index in [9.17, 15) is 19.0 Å². The number of hydrogen-bond acceptors (Lipinski definition) is 7. The molecule has 2 atom stereocenters. The van der Waals surface area contributed by atoms with Gasteiger partial charge in [0, 0.05) is 20.0 Å². The van der Waals surface area contributed by atoms with Crippen molar-refractivity contribution in [2.45, 2.75) is 258 Å². The number of ether oxygens (including phenoxy) is 2. The highest BCUT2D eigenvalue weighted by atomic mass is 31.2. The molecule has 8 nitrogen and oxygen atoms in total. The zero-order chi connectivity index (χ0) is 39.6. The first-order valence-electron chi connectivity index (χ1n) is 23.2. The average molecular weight is 789 g/mol. The van der Waals surface area contributed by atoms with Crippen LogP contribution in [0.1, 0.15) is 251 Å². The Morgan fingerprint density at radius 2 is 0.722 bits per heavy atom. The first kappa shape index (κ1) is 53.0. The second-order valence-electron chi connectivity index (χ2n) is 15.9. The van der Waals surface area contributed by atoms with Gasteiger partial charge in [0.15, 0.2) is 6.10 Å². The lowest BCUT2D eigenvalue weighted by molar-refractivity contribution is -0.161. The van der Waals surface area contributed by atoms with Crippen LogP contribution in [0, 0.1) is 0 Å². The normalized spacial score (nSPS) is 13.2. The summed E-state index contributed by atoms with van der Waals surface area (Å²) in [5.41, 5.74) is 0. The van der Waals surface area contributed by atoms with E-state index in [1.165, 1.54) is 186 Å². The monoisotopic (exact) mass is 789 g/mol. The fraction of sp³-hybridized carbons (Fsp3) is 0.956. The van der Waals surface area contributed by atoms with E-state index in [0.717, 1.165) is 45.6 Å². The number of hydrogen-bond donors (Lipinski definition) is 1. The van der Waals surface area contributed by atoms with Gasteiger partial charge in [-0.2, -0.15) is 0 Å². The van der Waals surface area contributed by atoms with Crippen LogP contribution in [-0.4, -0.2) is 43.3 Å². The van der Waals surface area contributed by atoms with E-state index in [1.54, 1.807) is 0 Å². The smallest absolute Gasteiger partial charge is 0.462 e. The van der Waals surface area contributed by atoms with Gasteiger partial charge >= 0.3 is 19.8 Å². The minimum atomic E-state index is -4.25. The van der Waals surface area contributed by atoms with Gasteiger partial charge in [0.05, 0.1) is 6.61 Å². The number of phosphoric ester groups is 1. The molecule has 0 saturated carbocycles. The van der Waals surface area contributed by atoms with Crippen LogP contribution in [0.25, 0.3) is 0 Å². The lowest BCUT2D eigenvalue weighted by Crippen LogP contribution is -2.29. The molecule has 0 aromatic rings. The third kappa shape index (κ3) is 40.7. The van der Waals surface area contributed by atoms with Crippen LogP contribution < -0.4 is 0 Å². The molecule has 2 unspecified atom stereocenters. The topological polar surface area (TPSA) is 108 Å². The Morgan fingerprint density at radius 3 is 1.02 bits per heavy atom. The van der Waals surface area contributed by atoms with E-state index >= 15 is 0 Å². The Morgan fingerprint density at radius 1 is 0.444 bits per heavy atom. The maximum atomic E-state index is 12.5. The molecule has 0 saturated heterocycles. The Hall–Kier alpha value is -0.950. The summed E-state index contributed by atoms with van der Waals surface area (Å²) in [6.45, 7) is 3.93. The lowest BCUT2D eigenvalue weighted by atomic mass is 10.0. The molecule has 0 amide bonds. The summed E-state index contributed by atoms with van der Waals surface area (Å²) < 4.78 is 32.0. The van der Waals surface area contributed by atoms with Gasteiger partial charge in [-0.1, -0.05) is 226 Å². The van der Waals surface area contributed by atoms with Gasteiger partial charge < -0.3 is 14.4 Å². The van der Waals surface area contributed by atoms with E-state index in [0.29, 0.717) is 6.42 Å². The third-order valence-corrected chi connectivity index (χ3v) is 11.5. The van der Waals surface area contributed by atoms with Crippen molar-refractivity contribution in [2.24, 2.45) is 0 Å². The Balaban J connectivity index is 3.86. The molecule has 0 aromatic carbocycles. The highest BCUT2D eigenvalue weighted by Crippen LogP contribution is 2.42. The number of unbranched alkanes of at least 4 members (excludes halogenated alkanes) is 33. The first-order valence-corrected chi connectivity index (χ1v) is 24.7. The second kappa shape index (κ2) is 41.7. The number of rotatable bonds is 44. The predicted octanol–water partition coefficient (Wildman–Crippen LogP) is 14.7. The minimum absolute atomic E-state index is 0.216. The largest absolute Gasteiger partial charge is 0.472 e. The number of esters is 2. The summed E-state index contributed by atoms with van der Waals surface area (Å²) in [5, 5.41) is 0. The molecule has 0 fully saturated rings. The van der Waals surface area contributed by atoms with E-state index < -0.39 is 26.5 Å². The number of phosphoric acid groups is 1. The van der Waals surface area contributed by atoms with Crippen molar-refractivity contribution in [2.75, 3.05) is 20.3 Å². The number of carbonyl (C=O) groups excluding carboxylic acids is 2. The van der Waals surface area contributed by atoms with E-state index in [4.69, 9.17) is 14.0 Å². The van der Waals surface area contributed by atoms with E-state index in [2.05, 4.69) is 18.4 Å². The van der Waals surface area contributed by atoms with Crippen molar-refractivity contribution in [3.63, 3.8) is 0 Å². The minimum Gasteiger partial charge on any atom is -0.462 e. The molecule has 0 aromatic heterocycles. The van der Waals surface area contributed by atoms with Gasteiger partial charge in [0.1, 0.15) is 6.61 Å². The van der Waals surface area contributed by atoms with Crippen molar-refractivity contribution >= 4 is 19.8 Å². The first-order chi connectivity index (χ1) is 26.3. The van der Waals surface area contributed by atoms with Crippen LogP contribution in [0.3, 0.4) is 0 Å². The summed E-state index contributed by atoms with van der Waals surface area (Å²) in [7, 11) is -3.19. The number of carbonyl (C=O) groups is 2. The molecule has 0 radical (unpaired) electrons. The van der Waals surface area contributed by atoms with Crippen molar-refractivity contribution in [1.82, 2.24) is 0 Å². The van der Waals surface area contributed by atoms with Gasteiger partial charge in [0.25, 0.3) is 0 Å². The maximum Gasteiger partial charge on any atom is 0.472 e. The Labute approximate surface area is 334 Å². The van der Waals surface area contributed by atoms with E-state index in [-0.39, 0.29) is 19.0 Å². The van der Waals surface area contributed by atoms with Crippen molar-refractivity contribution in [1.29, 1.82) is 0 Å². The van der Waals surface area contributed by atoms with Gasteiger partial charge in [0.2, 0.25) is 0 Å². The van der Waals surface area contributed by atoms with Crippen LogP contribution in [0.15, 0.2) is 0 Å². The zero-order valence-electron chi connectivity index (χ0n) is 35.9. The molecule has 0 aliphatic heterocycles. The summed E-state index contributed by atoms with van der Waals surface area (Å²) in [5.74, 6) is -0.785. The van der Waals surface area contributed by atoms with E-state index in [1.807, 2.05) is 0 Å². The quantitative estimate of drug-likeness (QED) is 0.0369. The van der Waals surface area contributed by atoms with Crippen LogP contribution in [-0.2, 0) is 32.7 Å². The SMILES string of the molecule is CCCCCCCCCCCCCCCCCCCCCCCCC(=O)OC(COC(=O)CCCCCCCCCCCCCCC)COP(=O)(O)OC. The van der Waals surface area contributed by atoms with Gasteiger partial charge in [-0.25, -0.2) is 4.57 Å². The molecule has 0 aliphatic rings. The molecule has 0 heterocycles. The standard InChI is InChI=1S/C45H89O8P/c1-4-6-8-10-12-14-16-18-19-20-21-22-23-24-25-26-28-30-32-34-36-38-40-45(47)53-43(42-52-54(48,49)50-3)41-51-44(46)39-37-35-33-31-29-27-17-15-13-11-9-7-5-2/h43H,4-42H2,1-3H3,(H,48,49). The molecule has 322 valence electrons. The molecular formula is C45H89O8P. The molecule has 1 N–H and O–H groups in total. The fourth-order valence-corrected chi connectivity index (χ4v) is 7.47. The van der Waals surface area contributed by atoms with Crippen LogP contribution in [0.5, 0.6) is 0 Å². The highest BCUT2D eigenvalue weighted by Gasteiger charge is 2.24. The fourth-order valence-electron chi connectivity index (χ4n) is 7.01. The predicted molar refractivity (Wildman–Crippen MR) is 226 cm³/mol. The van der Waals surface area contributed by atoms with Crippen LogP contribution in [0.4, 0.5) is 0 Å². The Kier molecular flexibility index (Phi) is 40.9. The summed E-state index contributed by atoms with van der Waals surface area (Å²) >= 11 is 0. The van der Waals surface area contributed by atoms with Crippen molar-refractivity contribution in [3.05, 3.63) is 0 Å². The van der Waals surface area contributed by atoms with Gasteiger partial charge in [-0.3, -0.25) is 18.6 Å². The van der Waals surface area contributed by atoms with Gasteiger partial charge in [-0.15, -0.1) is 0 Å². The van der Waals surface area contributed by atoms with Crippen LogP contribution >= 0.6 is 7.82 Å². The van der Waals surface area contributed by atoms with Crippen LogP contribution in [0.2, 0.25) is 0 Å². The molecule has 0 spiro atoms. The molecule has 54 heavy (non-hydrogen) atoms. The maximum absolute atomic E-state index is 12.5. The molecular weight excluding hydrogens is 699 g/mol. The summed E-state index contributed by atoms with van der Waals surface area (Å²) in [4.78, 5) is 34.5. The second-order valence-corrected chi connectivity index (χ2v) is 17.5. The third-order valence-electron chi connectivity index (χ3n) is 10.6. The zero-order valence-corrected chi connectivity index (χ0v) is 36.8. The average Bonchev–Trinajstić information content (AvgIpc) is 3.16. The Bertz CT molecular complexity index is 854. The summed E-state index contributed by atoms with van der Waals surface area (Å²) in [6.07, 6.45) is 44.5. The lowest BCUT2D eigenvalue weighted by Gasteiger charge is -2.19. The molecule has 9 heteroatoms. The van der Waals surface area contributed by atoms with Crippen molar-refractivity contribution < 1.29 is 37.6 Å². The molecule has 0 aliphatic carbocycles. The van der Waals surface area contributed by atoms with Crippen molar-refractivity contribution in [3.8, 4) is 0 Å². The van der Waals surface area contributed by atoms with Gasteiger partial charge in [-0.05, 0) is 12.8 Å². The molecule has 0 rings (SSSR count). The highest BCUT2D eigenvalue weighted by molar-refractivity contribution is 7.47. The summed E-state index contributed by atoms with van der Waals surface area (Å²) in [6, 6.07) is 0.